The van der Waals surface area contributed by atoms with Crippen molar-refractivity contribution in [1.29, 1.82) is 0 Å². The van der Waals surface area contributed by atoms with Crippen molar-refractivity contribution < 1.29 is 4.42 Å². The largest absolute Gasteiger partial charge is 0.466 e. The first-order valence-electron chi connectivity index (χ1n) is 5.11. The van der Waals surface area contributed by atoms with Crippen LogP contribution in [0.4, 0.5) is 0 Å². The molecule has 0 atom stereocenters. The summed E-state index contributed by atoms with van der Waals surface area (Å²) in [5, 5.41) is 0. The standard InChI is InChI=1S/C12H18O2/c1-8(2)5-6-11-7-12(13)9(3)10(4)14-11/h7-8H,5-6H2,1-4H3. The quantitative estimate of drug-likeness (QED) is 0.740. The van der Waals surface area contributed by atoms with E-state index in [4.69, 9.17) is 4.42 Å². The van der Waals surface area contributed by atoms with Gasteiger partial charge in [-0.1, -0.05) is 13.8 Å². The minimum absolute atomic E-state index is 0.0903. The monoisotopic (exact) mass is 194 g/mol. The Balaban J connectivity index is 2.85. The van der Waals surface area contributed by atoms with E-state index < -0.39 is 0 Å². The van der Waals surface area contributed by atoms with Crippen molar-refractivity contribution >= 4 is 0 Å². The molecule has 14 heavy (non-hydrogen) atoms. The van der Waals surface area contributed by atoms with E-state index in [1.54, 1.807) is 13.0 Å². The van der Waals surface area contributed by atoms with E-state index in [2.05, 4.69) is 13.8 Å². The molecule has 0 aliphatic carbocycles. The van der Waals surface area contributed by atoms with Gasteiger partial charge in [0, 0.05) is 18.1 Å². The Morgan fingerprint density at radius 3 is 2.50 bits per heavy atom. The molecule has 0 N–H and O–H groups in total. The zero-order valence-electron chi connectivity index (χ0n) is 9.39. The Labute approximate surface area is 85.0 Å². The van der Waals surface area contributed by atoms with Crippen molar-refractivity contribution in [1.82, 2.24) is 0 Å². The maximum atomic E-state index is 11.4. The van der Waals surface area contributed by atoms with E-state index in [-0.39, 0.29) is 5.43 Å². The lowest BCUT2D eigenvalue weighted by atomic mass is 10.1. The van der Waals surface area contributed by atoms with Crippen molar-refractivity contribution in [2.24, 2.45) is 5.92 Å². The molecule has 0 fully saturated rings. The molecule has 78 valence electrons. The fraction of sp³-hybridized carbons (Fsp3) is 0.583. The van der Waals surface area contributed by atoms with Gasteiger partial charge in [0.05, 0.1) is 0 Å². The van der Waals surface area contributed by atoms with Crippen molar-refractivity contribution in [2.75, 3.05) is 0 Å². The normalized spacial score (nSPS) is 10.9. The van der Waals surface area contributed by atoms with Gasteiger partial charge in [-0.2, -0.15) is 0 Å². The summed E-state index contributed by atoms with van der Waals surface area (Å²) in [7, 11) is 0. The molecule has 0 unspecified atom stereocenters. The highest BCUT2D eigenvalue weighted by Crippen LogP contribution is 2.10. The Bertz CT molecular complexity index is 361. The summed E-state index contributed by atoms with van der Waals surface area (Å²) in [5.74, 6) is 2.20. The van der Waals surface area contributed by atoms with Gasteiger partial charge in [-0.05, 0) is 26.2 Å². The SMILES string of the molecule is Cc1oc(CCC(C)C)cc(=O)c1C. The second kappa shape index (κ2) is 4.45. The highest BCUT2D eigenvalue weighted by atomic mass is 16.3. The average Bonchev–Trinajstić information content (AvgIpc) is 2.10. The van der Waals surface area contributed by atoms with Crippen LogP contribution in [0.2, 0.25) is 0 Å². The summed E-state index contributed by atoms with van der Waals surface area (Å²) in [5.41, 5.74) is 0.811. The summed E-state index contributed by atoms with van der Waals surface area (Å²) < 4.78 is 5.54. The molecule has 0 spiro atoms. The molecule has 0 aliphatic rings. The molecule has 0 radical (unpaired) electrons. The molecule has 2 nitrogen and oxygen atoms in total. The van der Waals surface area contributed by atoms with Crippen LogP contribution >= 0.6 is 0 Å². The Kier molecular flexibility index (Phi) is 3.50. The summed E-state index contributed by atoms with van der Waals surface area (Å²) in [6, 6.07) is 1.62. The van der Waals surface area contributed by atoms with E-state index in [1.165, 1.54) is 0 Å². The third-order valence-electron chi connectivity index (χ3n) is 2.44. The molecule has 0 aromatic carbocycles. The van der Waals surface area contributed by atoms with Crippen LogP contribution in [0.25, 0.3) is 0 Å². The third kappa shape index (κ3) is 2.72. The van der Waals surface area contributed by atoms with Crippen LogP contribution in [0.3, 0.4) is 0 Å². The lowest BCUT2D eigenvalue weighted by Gasteiger charge is -2.05. The predicted molar refractivity (Wildman–Crippen MR) is 57.6 cm³/mol. The predicted octanol–water partition coefficient (Wildman–Crippen LogP) is 2.85. The lowest BCUT2D eigenvalue weighted by Crippen LogP contribution is -2.07. The van der Waals surface area contributed by atoms with E-state index in [1.807, 2.05) is 6.92 Å². The van der Waals surface area contributed by atoms with Gasteiger partial charge in [-0.3, -0.25) is 4.79 Å². The summed E-state index contributed by atoms with van der Waals surface area (Å²) in [6.07, 6.45) is 1.92. The Morgan fingerprint density at radius 2 is 2.00 bits per heavy atom. The van der Waals surface area contributed by atoms with E-state index >= 15 is 0 Å². The van der Waals surface area contributed by atoms with Gasteiger partial charge in [0.2, 0.25) is 0 Å². The molecule has 0 saturated carbocycles. The lowest BCUT2D eigenvalue weighted by molar-refractivity contribution is 0.437. The summed E-state index contributed by atoms with van der Waals surface area (Å²) >= 11 is 0. The zero-order chi connectivity index (χ0) is 10.7. The van der Waals surface area contributed by atoms with Crippen LogP contribution in [-0.2, 0) is 6.42 Å². The van der Waals surface area contributed by atoms with Crippen LogP contribution in [0.5, 0.6) is 0 Å². The molecule has 0 saturated heterocycles. The number of rotatable bonds is 3. The second-order valence-electron chi connectivity index (χ2n) is 4.19. The first-order chi connectivity index (χ1) is 6.50. The smallest absolute Gasteiger partial charge is 0.188 e. The minimum atomic E-state index is 0.0903. The average molecular weight is 194 g/mol. The molecule has 1 aromatic heterocycles. The Morgan fingerprint density at radius 1 is 1.36 bits per heavy atom. The van der Waals surface area contributed by atoms with Crippen LogP contribution < -0.4 is 5.43 Å². The fourth-order valence-corrected chi connectivity index (χ4v) is 1.28. The minimum Gasteiger partial charge on any atom is -0.466 e. The van der Waals surface area contributed by atoms with Crippen LogP contribution in [0, 0.1) is 19.8 Å². The molecule has 0 aliphatic heterocycles. The second-order valence-corrected chi connectivity index (χ2v) is 4.19. The number of aryl methyl sites for hydroxylation is 2. The van der Waals surface area contributed by atoms with Gasteiger partial charge in [0.1, 0.15) is 11.5 Å². The van der Waals surface area contributed by atoms with Gasteiger partial charge in [0.25, 0.3) is 0 Å². The highest BCUT2D eigenvalue weighted by molar-refractivity contribution is 5.16. The summed E-state index contributed by atoms with van der Waals surface area (Å²) in [4.78, 5) is 11.4. The van der Waals surface area contributed by atoms with E-state index in [0.717, 1.165) is 29.9 Å². The van der Waals surface area contributed by atoms with E-state index in [0.29, 0.717) is 5.92 Å². The fourth-order valence-electron chi connectivity index (χ4n) is 1.28. The van der Waals surface area contributed by atoms with Gasteiger partial charge in [0.15, 0.2) is 5.43 Å². The summed E-state index contributed by atoms with van der Waals surface area (Å²) in [6.45, 7) is 7.97. The molecular weight excluding hydrogens is 176 g/mol. The maximum Gasteiger partial charge on any atom is 0.188 e. The first-order valence-corrected chi connectivity index (χ1v) is 5.11. The third-order valence-corrected chi connectivity index (χ3v) is 2.44. The molecule has 0 amide bonds. The Hall–Kier alpha value is -1.05. The molecule has 1 heterocycles. The molecular formula is C12H18O2. The molecule has 0 bridgehead atoms. The molecule has 2 heteroatoms. The molecule has 1 rings (SSSR count). The van der Waals surface area contributed by atoms with Crippen LogP contribution in [-0.4, -0.2) is 0 Å². The van der Waals surface area contributed by atoms with Crippen molar-refractivity contribution in [3.63, 3.8) is 0 Å². The van der Waals surface area contributed by atoms with E-state index in [9.17, 15) is 4.79 Å². The maximum absolute atomic E-state index is 11.4. The van der Waals surface area contributed by atoms with Gasteiger partial charge in [-0.15, -0.1) is 0 Å². The van der Waals surface area contributed by atoms with Crippen molar-refractivity contribution in [3.05, 3.63) is 33.4 Å². The number of hydrogen-bond acceptors (Lipinski definition) is 2. The zero-order valence-corrected chi connectivity index (χ0v) is 9.39. The highest BCUT2D eigenvalue weighted by Gasteiger charge is 2.05. The van der Waals surface area contributed by atoms with Crippen LogP contribution in [0.15, 0.2) is 15.3 Å². The van der Waals surface area contributed by atoms with Crippen LogP contribution in [0.1, 0.15) is 37.4 Å². The topological polar surface area (TPSA) is 30.2 Å². The van der Waals surface area contributed by atoms with Crippen molar-refractivity contribution in [3.8, 4) is 0 Å². The van der Waals surface area contributed by atoms with Gasteiger partial charge in [-0.25, -0.2) is 0 Å². The van der Waals surface area contributed by atoms with Crippen molar-refractivity contribution in [2.45, 2.75) is 40.5 Å². The first kappa shape index (κ1) is 11.0. The van der Waals surface area contributed by atoms with Gasteiger partial charge >= 0.3 is 0 Å². The van der Waals surface area contributed by atoms with Gasteiger partial charge < -0.3 is 4.42 Å². The number of hydrogen-bond donors (Lipinski definition) is 0. The molecule has 1 aromatic rings.